The molecule has 0 fully saturated rings. The number of benzene rings is 3. The van der Waals surface area contributed by atoms with Crippen LogP contribution in [0, 0.1) is 24.1 Å². The standard InChI is InChI=1S/C24H19FN2O2/c1-17-5-9-22(10-6-17)27-24(28)20(15-26)13-18-7-11-23(12-8-18)29-16-19-3-2-4-21(25)14-19/h2-14H,16H2,1H3,(H,27,28)/b20-13+. The lowest BCUT2D eigenvalue weighted by atomic mass is 10.1. The van der Waals surface area contributed by atoms with Crippen molar-refractivity contribution in [2.45, 2.75) is 13.5 Å². The summed E-state index contributed by atoms with van der Waals surface area (Å²) in [6.45, 7) is 2.20. The third-order valence-electron chi connectivity index (χ3n) is 4.16. The predicted molar refractivity (Wildman–Crippen MR) is 111 cm³/mol. The van der Waals surface area contributed by atoms with Crippen LogP contribution in [-0.2, 0) is 11.4 Å². The topological polar surface area (TPSA) is 62.1 Å². The van der Waals surface area contributed by atoms with Gasteiger partial charge in [0, 0.05) is 5.69 Å². The molecule has 144 valence electrons. The summed E-state index contributed by atoms with van der Waals surface area (Å²) in [4.78, 5) is 12.3. The van der Waals surface area contributed by atoms with Crippen molar-refractivity contribution in [3.8, 4) is 11.8 Å². The molecule has 3 rings (SSSR count). The maximum atomic E-state index is 13.2. The van der Waals surface area contributed by atoms with Gasteiger partial charge < -0.3 is 10.1 Å². The minimum Gasteiger partial charge on any atom is -0.489 e. The summed E-state index contributed by atoms with van der Waals surface area (Å²) in [5, 5.41) is 12.0. The van der Waals surface area contributed by atoms with Crippen molar-refractivity contribution in [1.82, 2.24) is 0 Å². The van der Waals surface area contributed by atoms with Gasteiger partial charge in [-0.15, -0.1) is 0 Å². The number of ether oxygens (including phenoxy) is 1. The molecule has 1 N–H and O–H groups in total. The second-order valence-corrected chi connectivity index (χ2v) is 6.48. The van der Waals surface area contributed by atoms with E-state index in [-0.39, 0.29) is 18.0 Å². The summed E-state index contributed by atoms with van der Waals surface area (Å²) in [6, 6.07) is 22.4. The van der Waals surface area contributed by atoms with Crippen LogP contribution in [-0.4, -0.2) is 5.91 Å². The van der Waals surface area contributed by atoms with E-state index in [0.29, 0.717) is 17.0 Å². The van der Waals surface area contributed by atoms with Gasteiger partial charge in [-0.3, -0.25) is 4.79 Å². The molecular weight excluding hydrogens is 367 g/mol. The normalized spacial score (nSPS) is 10.9. The molecule has 0 aliphatic carbocycles. The highest BCUT2D eigenvalue weighted by Gasteiger charge is 2.09. The quantitative estimate of drug-likeness (QED) is 0.464. The number of halogens is 1. The highest BCUT2D eigenvalue weighted by atomic mass is 19.1. The second-order valence-electron chi connectivity index (χ2n) is 6.48. The van der Waals surface area contributed by atoms with Crippen molar-refractivity contribution in [3.05, 3.63) is 101 Å². The van der Waals surface area contributed by atoms with Crippen LogP contribution in [0.25, 0.3) is 6.08 Å². The first kappa shape index (κ1) is 19.8. The molecule has 0 aromatic heterocycles. The van der Waals surface area contributed by atoms with E-state index in [9.17, 15) is 14.4 Å². The van der Waals surface area contributed by atoms with Crippen LogP contribution in [0.2, 0.25) is 0 Å². The van der Waals surface area contributed by atoms with E-state index in [0.717, 1.165) is 11.1 Å². The van der Waals surface area contributed by atoms with Gasteiger partial charge in [0.15, 0.2) is 0 Å². The number of nitrogens with zero attached hydrogens (tertiary/aromatic N) is 1. The summed E-state index contributed by atoms with van der Waals surface area (Å²) in [5.41, 5.74) is 3.13. The Labute approximate surface area is 168 Å². The zero-order valence-electron chi connectivity index (χ0n) is 15.9. The second kappa shape index (κ2) is 9.34. The molecule has 3 aromatic rings. The van der Waals surface area contributed by atoms with Gasteiger partial charge >= 0.3 is 0 Å². The average molecular weight is 386 g/mol. The first-order valence-corrected chi connectivity index (χ1v) is 9.00. The predicted octanol–water partition coefficient (Wildman–Crippen LogP) is 5.26. The van der Waals surface area contributed by atoms with Gasteiger partial charge in [0.1, 0.15) is 29.8 Å². The molecule has 0 saturated carbocycles. The van der Waals surface area contributed by atoms with Gasteiger partial charge in [0.25, 0.3) is 5.91 Å². The van der Waals surface area contributed by atoms with Gasteiger partial charge in [-0.05, 0) is 60.5 Å². The number of nitriles is 1. The first-order chi connectivity index (χ1) is 14.0. The van der Waals surface area contributed by atoms with Crippen molar-refractivity contribution in [2.24, 2.45) is 0 Å². The third kappa shape index (κ3) is 5.78. The summed E-state index contributed by atoms with van der Waals surface area (Å²) in [5.74, 6) is -0.170. The molecule has 0 spiro atoms. The van der Waals surface area contributed by atoms with E-state index in [2.05, 4.69) is 5.32 Å². The number of hydrogen-bond acceptors (Lipinski definition) is 3. The molecule has 3 aromatic carbocycles. The van der Waals surface area contributed by atoms with E-state index in [1.807, 2.05) is 25.1 Å². The van der Waals surface area contributed by atoms with Crippen LogP contribution in [0.1, 0.15) is 16.7 Å². The largest absolute Gasteiger partial charge is 0.489 e. The van der Waals surface area contributed by atoms with Crippen LogP contribution in [0.3, 0.4) is 0 Å². The van der Waals surface area contributed by atoms with Gasteiger partial charge in [-0.2, -0.15) is 5.26 Å². The number of anilines is 1. The van der Waals surface area contributed by atoms with E-state index >= 15 is 0 Å². The Morgan fingerprint density at radius 2 is 1.83 bits per heavy atom. The lowest BCUT2D eigenvalue weighted by Crippen LogP contribution is -2.13. The van der Waals surface area contributed by atoms with Gasteiger partial charge in [-0.25, -0.2) is 4.39 Å². The molecule has 1 amide bonds. The van der Waals surface area contributed by atoms with Crippen LogP contribution >= 0.6 is 0 Å². The zero-order valence-corrected chi connectivity index (χ0v) is 15.9. The van der Waals surface area contributed by atoms with E-state index in [1.165, 1.54) is 18.2 Å². The van der Waals surface area contributed by atoms with Gasteiger partial charge in [0.2, 0.25) is 0 Å². The fourth-order valence-electron chi connectivity index (χ4n) is 2.60. The minimum atomic E-state index is -0.470. The summed E-state index contributed by atoms with van der Waals surface area (Å²) < 4.78 is 18.8. The van der Waals surface area contributed by atoms with Crippen molar-refractivity contribution in [3.63, 3.8) is 0 Å². The number of carbonyl (C=O) groups is 1. The monoisotopic (exact) mass is 386 g/mol. The molecular formula is C24H19FN2O2. The zero-order chi connectivity index (χ0) is 20.6. The van der Waals surface area contributed by atoms with Crippen LogP contribution in [0.5, 0.6) is 5.75 Å². The van der Waals surface area contributed by atoms with E-state index < -0.39 is 5.91 Å². The molecule has 0 radical (unpaired) electrons. The van der Waals surface area contributed by atoms with Crippen molar-refractivity contribution < 1.29 is 13.9 Å². The Morgan fingerprint density at radius 1 is 1.10 bits per heavy atom. The molecule has 0 saturated heterocycles. The lowest BCUT2D eigenvalue weighted by Gasteiger charge is -2.07. The number of amides is 1. The Bertz CT molecular complexity index is 1070. The SMILES string of the molecule is Cc1ccc(NC(=O)/C(C#N)=C/c2ccc(OCc3cccc(F)c3)cc2)cc1. The van der Waals surface area contributed by atoms with Crippen molar-refractivity contribution in [2.75, 3.05) is 5.32 Å². The molecule has 0 aliphatic heterocycles. The molecule has 0 aliphatic rings. The summed E-state index contributed by atoms with van der Waals surface area (Å²) in [6.07, 6.45) is 1.51. The fourth-order valence-corrected chi connectivity index (χ4v) is 2.60. The maximum absolute atomic E-state index is 13.2. The first-order valence-electron chi connectivity index (χ1n) is 9.00. The van der Waals surface area contributed by atoms with Crippen LogP contribution in [0.4, 0.5) is 10.1 Å². The molecule has 4 nitrogen and oxygen atoms in total. The fraction of sp³-hybridized carbons (Fsp3) is 0.0833. The number of aryl methyl sites for hydroxylation is 1. The Hall–Kier alpha value is -3.91. The van der Waals surface area contributed by atoms with Crippen LogP contribution in [0.15, 0.2) is 78.4 Å². The molecule has 29 heavy (non-hydrogen) atoms. The van der Waals surface area contributed by atoms with E-state index in [1.54, 1.807) is 48.5 Å². The van der Waals surface area contributed by atoms with Crippen molar-refractivity contribution >= 4 is 17.7 Å². The summed E-state index contributed by atoms with van der Waals surface area (Å²) in [7, 11) is 0. The van der Waals surface area contributed by atoms with Gasteiger partial charge in [-0.1, -0.05) is 42.0 Å². The minimum absolute atomic E-state index is 0.000922. The molecule has 0 heterocycles. The number of carbonyl (C=O) groups excluding carboxylic acids is 1. The number of hydrogen-bond donors (Lipinski definition) is 1. The van der Waals surface area contributed by atoms with E-state index in [4.69, 9.17) is 4.74 Å². The van der Waals surface area contributed by atoms with Crippen LogP contribution < -0.4 is 10.1 Å². The molecule has 0 atom stereocenters. The highest BCUT2D eigenvalue weighted by molar-refractivity contribution is 6.09. The molecule has 0 bridgehead atoms. The average Bonchev–Trinajstić information content (AvgIpc) is 2.73. The summed E-state index contributed by atoms with van der Waals surface area (Å²) >= 11 is 0. The third-order valence-corrected chi connectivity index (χ3v) is 4.16. The Kier molecular flexibility index (Phi) is 6.39. The molecule has 5 heteroatoms. The van der Waals surface area contributed by atoms with Crippen molar-refractivity contribution in [1.29, 1.82) is 5.26 Å². The highest BCUT2D eigenvalue weighted by Crippen LogP contribution is 2.17. The maximum Gasteiger partial charge on any atom is 0.266 e. The Balaban J connectivity index is 1.64. The number of rotatable bonds is 6. The smallest absolute Gasteiger partial charge is 0.266 e. The molecule has 0 unspecified atom stereocenters. The lowest BCUT2D eigenvalue weighted by molar-refractivity contribution is -0.112. The van der Waals surface area contributed by atoms with Gasteiger partial charge in [0.05, 0.1) is 0 Å². The number of nitrogens with one attached hydrogen (secondary N) is 1. The Morgan fingerprint density at radius 3 is 2.48 bits per heavy atom.